The minimum atomic E-state index is -0.546. The molecule has 8 nitrogen and oxygen atoms in total. The molecule has 2 aromatic carbocycles. The van der Waals surface area contributed by atoms with Gasteiger partial charge in [-0.05, 0) is 63.3 Å². The average Bonchev–Trinajstić information content (AvgIpc) is 2.95. The number of ether oxygens (including phenoxy) is 2. The normalized spacial score (nSPS) is 22.2. The summed E-state index contributed by atoms with van der Waals surface area (Å²) in [6, 6.07) is 8.77. The number of nitrogens with one attached hydrogen (secondary N) is 2. The summed E-state index contributed by atoms with van der Waals surface area (Å²) in [5.74, 6) is 1.18. The van der Waals surface area contributed by atoms with Crippen LogP contribution in [0.2, 0.25) is 5.02 Å². The first-order chi connectivity index (χ1) is 18.5. The largest absolute Gasteiger partial charge is 0.493 e. The van der Waals surface area contributed by atoms with E-state index in [9.17, 15) is 9.18 Å². The van der Waals surface area contributed by atoms with Crippen LogP contribution >= 0.6 is 11.6 Å². The molecule has 0 bridgehead atoms. The molecule has 38 heavy (non-hydrogen) atoms. The Morgan fingerprint density at radius 3 is 2.68 bits per heavy atom. The standard InChI is InChI=1S/C28H33ClFN5O3/c1-31-28(36)23-8-3-4-13-35(23)17-9-11-18(12-10-17)38-25-14-19-22(15-24(25)37-2)32-16-33-27(19)34-21-7-5-6-20(29)26(21)30/h5-7,14-18,23H,3-4,8-13H2,1-2H3,(H,31,36)(H,32,33,34)/t17-,18+,23-/m0/s1. The highest BCUT2D eigenvalue weighted by Gasteiger charge is 2.35. The molecule has 0 unspecified atom stereocenters. The van der Waals surface area contributed by atoms with Gasteiger partial charge in [-0.25, -0.2) is 14.4 Å². The summed E-state index contributed by atoms with van der Waals surface area (Å²) in [5, 5.41) is 6.58. The fourth-order valence-electron chi connectivity index (χ4n) is 5.66. The number of carbonyl (C=O) groups excluding carboxylic acids is 1. The van der Waals surface area contributed by atoms with Crippen molar-refractivity contribution >= 4 is 39.9 Å². The van der Waals surface area contributed by atoms with Gasteiger partial charge in [0.05, 0.1) is 35.5 Å². The fraction of sp³-hybridized carbons (Fsp3) is 0.464. The molecule has 0 spiro atoms. The van der Waals surface area contributed by atoms with E-state index >= 15 is 0 Å². The number of methoxy groups -OCH3 is 1. The summed E-state index contributed by atoms with van der Waals surface area (Å²) in [6.07, 6.45) is 8.29. The van der Waals surface area contributed by atoms with E-state index < -0.39 is 5.82 Å². The van der Waals surface area contributed by atoms with Gasteiger partial charge in [0.25, 0.3) is 0 Å². The Morgan fingerprint density at radius 1 is 1.11 bits per heavy atom. The number of amides is 1. The Balaban J connectivity index is 1.33. The van der Waals surface area contributed by atoms with Crippen molar-refractivity contribution in [3.05, 3.63) is 47.5 Å². The van der Waals surface area contributed by atoms with Crippen molar-refractivity contribution in [2.45, 2.75) is 63.1 Å². The molecule has 1 aliphatic carbocycles. The number of likely N-dealkylation sites (N-methyl/N-ethyl adjacent to an activating group) is 1. The van der Waals surface area contributed by atoms with E-state index in [0.717, 1.165) is 51.5 Å². The predicted octanol–water partition coefficient (Wildman–Crippen LogP) is 5.47. The molecular formula is C28H33ClFN5O3. The summed E-state index contributed by atoms with van der Waals surface area (Å²) in [6.45, 7) is 0.968. The second kappa shape index (κ2) is 11.7. The number of benzene rings is 2. The van der Waals surface area contributed by atoms with Crippen molar-refractivity contribution in [2.24, 2.45) is 0 Å². The van der Waals surface area contributed by atoms with E-state index in [1.807, 2.05) is 6.07 Å². The highest BCUT2D eigenvalue weighted by Crippen LogP contribution is 2.38. The lowest BCUT2D eigenvalue weighted by Gasteiger charge is -2.43. The molecule has 2 N–H and O–H groups in total. The lowest BCUT2D eigenvalue weighted by atomic mass is 9.88. The van der Waals surface area contributed by atoms with Gasteiger partial charge in [-0.1, -0.05) is 24.1 Å². The minimum absolute atomic E-state index is 0.0206. The fourth-order valence-corrected chi connectivity index (χ4v) is 5.83. The molecule has 1 aliphatic heterocycles. The van der Waals surface area contributed by atoms with Crippen molar-refractivity contribution in [1.82, 2.24) is 20.2 Å². The van der Waals surface area contributed by atoms with E-state index in [1.165, 1.54) is 12.4 Å². The van der Waals surface area contributed by atoms with Crippen molar-refractivity contribution in [3.8, 4) is 11.5 Å². The lowest BCUT2D eigenvalue weighted by molar-refractivity contribution is -0.128. The Labute approximate surface area is 226 Å². The molecule has 0 radical (unpaired) electrons. The molecule has 1 saturated carbocycles. The number of likely N-dealkylation sites (tertiary alicyclic amines) is 1. The van der Waals surface area contributed by atoms with Gasteiger partial charge in [0.2, 0.25) is 5.91 Å². The third-order valence-electron chi connectivity index (χ3n) is 7.63. The smallest absolute Gasteiger partial charge is 0.237 e. The van der Waals surface area contributed by atoms with E-state index in [-0.39, 0.29) is 28.8 Å². The number of hydrogen-bond donors (Lipinski definition) is 2. The zero-order chi connectivity index (χ0) is 26.6. The topological polar surface area (TPSA) is 88.6 Å². The van der Waals surface area contributed by atoms with Crippen LogP contribution in [-0.4, -0.2) is 59.7 Å². The first kappa shape index (κ1) is 26.4. The number of nitrogens with zero attached hydrogens (tertiary/aromatic N) is 3. The molecule has 1 aromatic heterocycles. The Bertz CT molecular complexity index is 1300. The maximum absolute atomic E-state index is 14.5. The van der Waals surface area contributed by atoms with Gasteiger partial charge in [-0.3, -0.25) is 9.69 Å². The number of carbonyl (C=O) groups is 1. The van der Waals surface area contributed by atoms with Gasteiger partial charge in [-0.2, -0.15) is 0 Å². The molecule has 2 fully saturated rings. The van der Waals surface area contributed by atoms with Crippen molar-refractivity contribution in [2.75, 3.05) is 26.0 Å². The maximum Gasteiger partial charge on any atom is 0.237 e. The summed E-state index contributed by atoms with van der Waals surface area (Å²) < 4.78 is 26.6. The molecule has 5 rings (SSSR count). The Hall–Kier alpha value is -3.17. The molecule has 2 aliphatic rings. The van der Waals surface area contributed by atoms with E-state index in [4.69, 9.17) is 21.1 Å². The van der Waals surface area contributed by atoms with E-state index in [0.29, 0.717) is 34.3 Å². The molecule has 202 valence electrons. The van der Waals surface area contributed by atoms with Gasteiger partial charge in [0.1, 0.15) is 12.1 Å². The first-order valence-corrected chi connectivity index (χ1v) is 13.5. The van der Waals surface area contributed by atoms with Crippen LogP contribution in [0.4, 0.5) is 15.9 Å². The number of rotatable bonds is 7. The number of aromatic nitrogens is 2. The van der Waals surface area contributed by atoms with Crippen molar-refractivity contribution < 1.29 is 18.7 Å². The molecule has 1 atom stereocenters. The second-order valence-corrected chi connectivity index (χ2v) is 10.3. The zero-order valence-corrected chi connectivity index (χ0v) is 22.4. The maximum atomic E-state index is 14.5. The zero-order valence-electron chi connectivity index (χ0n) is 21.7. The average molecular weight is 542 g/mol. The number of anilines is 2. The molecule has 3 aromatic rings. The van der Waals surface area contributed by atoms with Crippen LogP contribution in [0, 0.1) is 5.82 Å². The summed E-state index contributed by atoms with van der Waals surface area (Å²) in [5.41, 5.74) is 0.866. The van der Waals surface area contributed by atoms with Crippen molar-refractivity contribution in [1.29, 1.82) is 0 Å². The first-order valence-electron chi connectivity index (χ1n) is 13.2. The summed E-state index contributed by atoms with van der Waals surface area (Å²) >= 11 is 5.96. The van der Waals surface area contributed by atoms with Crippen LogP contribution < -0.4 is 20.1 Å². The molecule has 1 saturated heterocycles. The highest BCUT2D eigenvalue weighted by atomic mass is 35.5. The monoisotopic (exact) mass is 541 g/mol. The minimum Gasteiger partial charge on any atom is -0.493 e. The van der Waals surface area contributed by atoms with Gasteiger partial charge < -0.3 is 20.1 Å². The third-order valence-corrected chi connectivity index (χ3v) is 7.92. The van der Waals surface area contributed by atoms with Crippen molar-refractivity contribution in [3.63, 3.8) is 0 Å². The second-order valence-electron chi connectivity index (χ2n) is 9.88. The SMILES string of the molecule is CNC(=O)[C@@H]1CCCCN1[C@H]1CC[C@@H](Oc2cc3c(Nc4cccc(Cl)c4F)ncnc3cc2OC)CC1. The number of piperidine rings is 1. The number of halogens is 2. The molecule has 10 heteroatoms. The van der Waals surface area contributed by atoms with E-state index in [1.54, 1.807) is 32.4 Å². The summed E-state index contributed by atoms with van der Waals surface area (Å²) in [4.78, 5) is 23.6. The molecule has 2 heterocycles. The number of fused-ring (bicyclic) bond motifs is 1. The number of hydrogen-bond acceptors (Lipinski definition) is 7. The van der Waals surface area contributed by atoms with Crippen LogP contribution in [0.3, 0.4) is 0 Å². The third kappa shape index (κ3) is 5.49. The lowest BCUT2D eigenvalue weighted by Crippen LogP contribution is -2.54. The van der Waals surface area contributed by atoms with E-state index in [2.05, 4.69) is 25.5 Å². The van der Waals surface area contributed by atoms with Gasteiger partial charge in [-0.15, -0.1) is 0 Å². The summed E-state index contributed by atoms with van der Waals surface area (Å²) in [7, 11) is 3.32. The molecule has 1 amide bonds. The van der Waals surface area contributed by atoms with Gasteiger partial charge in [0.15, 0.2) is 17.3 Å². The van der Waals surface area contributed by atoms with Crippen LogP contribution in [-0.2, 0) is 4.79 Å². The van der Waals surface area contributed by atoms with Crippen LogP contribution in [0.15, 0.2) is 36.7 Å². The Kier molecular flexibility index (Phi) is 8.14. The van der Waals surface area contributed by atoms with Crippen LogP contribution in [0.5, 0.6) is 11.5 Å². The quantitative estimate of drug-likeness (QED) is 0.410. The van der Waals surface area contributed by atoms with Gasteiger partial charge >= 0.3 is 0 Å². The Morgan fingerprint density at radius 2 is 1.92 bits per heavy atom. The predicted molar refractivity (Wildman–Crippen MR) is 146 cm³/mol. The van der Waals surface area contributed by atoms with Gasteiger partial charge in [0, 0.05) is 24.5 Å². The van der Waals surface area contributed by atoms with Crippen LogP contribution in [0.1, 0.15) is 44.9 Å². The molecular weight excluding hydrogens is 509 g/mol. The van der Waals surface area contributed by atoms with Crippen LogP contribution in [0.25, 0.3) is 10.9 Å². The highest BCUT2D eigenvalue weighted by molar-refractivity contribution is 6.31.